The predicted molar refractivity (Wildman–Crippen MR) is 75.6 cm³/mol. The number of anilines is 2. The van der Waals surface area contributed by atoms with Crippen LogP contribution in [-0.2, 0) is 0 Å². The molecule has 0 aliphatic heterocycles. The van der Waals surface area contributed by atoms with E-state index in [4.69, 9.17) is 23.1 Å². The van der Waals surface area contributed by atoms with Crippen molar-refractivity contribution in [1.82, 2.24) is 0 Å². The van der Waals surface area contributed by atoms with Crippen molar-refractivity contribution in [2.75, 3.05) is 11.5 Å². The molecule has 86 valence electrons. The van der Waals surface area contributed by atoms with E-state index in [1.807, 2.05) is 42.5 Å². The van der Waals surface area contributed by atoms with E-state index in [9.17, 15) is 0 Å². The van der Waals surface area contributed by atoms with E-state index in [1.165, 1.54) is 0 Å². The fourth-order valence-electron chi connectivity index (χ4n) is 1.58. The van der Waals surface area contributed by atoms with Crippen molar-refractivity contribution >= 4 is 35.1 Å². The Bertz CT molecular complexity index is 524. The molecule has 0 amide bonds. The Kier molecular flexibility index (Phi) is 3.35. The highest BCUT2D eigenvalue weighted by Crippen LogP contribution is 2.27. The van der Waals surface area contributed by atoms with Crippen LogP contribution in [0, 0.1) is 0 Å². The molecule has 0 saturated carbocycles. The quantitative estimate of drug-likeness (QED) is 0.626. The second kappa shape index (κ2) is 4.93. The van der Waals surface area contributed by atoms with Crippen LogP contribution in [0.5, 0.6) is 0 Å². The van der Waals surface area contributed by atoms with Crippen molar-refractivity contribution in [3.63, 3.8) is 0 Å². The molecular formula is C14H13ClN2. The van der Waals surface area contributed by atoms with Crippen molar-refractivity contribution in [1.29, 1.82) is 0 Å². The van der Waals surface area contributed by atoms with Gasteiger partial charge in [-0.15, -0.1) is 0 Å². The van der Waals surface area contributed by atoms with E-state index in [0.29, 0.717) is 16.4 Å². The lowest BCUT2D eigenvalue weighted by molar-refractivity contribution is 1.62. The third-order valence-corrected chi connectivity index (χ3v) is 2.74. The van der Waals surface area contributed by atoms with Crippen LogP contribution in [0.3, 0.4) is 0 Å². The van der Waals surface area contributed by atoms with Crippen molar-refractivity contribution in [2.45, 2.75) is 0 Å². The normalized spacial score (nSPS) is 10.9. The molecule has 0 aliphatic carbocycles. The van der Waals surface area contributed by atoms with Crippen LogP contribution < -0.4 is 11.5 Å². The van der Waals surface area contributed by atoms with Crippen molar-refractivity contribution in [3.05, 3.63) is 58.6 Å². The molecule has 0 aromatic heterocycles. The molecule has 3 heteroatoms. The Labute approximate surface area is 106 Å². The van der Waals surface area contributed by atoms with Crippen LogP contribution >= 0.6 is 11.6 Å². The lowest BCUT2D eigenvalue weighted by atomic mass is 10.1. The highest BCUT2D eigenvalue weighted by molar-refractivity contribution is 6.33. The summed E-state index contributed by atoms with van der Waals surface area (Å²) in [6.45, 7) is 0. The smallest absolute Gasteiger partial charge is 0.0519 e. The molecule has 0 unspecified atom stereocenters. The van der Waals surface area contributed by atoms with E-state index < -0.39 is 0 Å². The van der Waals surface area contributed by atoms with Gasteiger partial charge in [0.2, 0.25) is 0 Å². The van der Waals surface area contributed by atoms with E-state index >= 15 is 0 Å². The summed E-state index contributed by atoms with van der Waals surface area (Å²) >= 11 is 6.09. The number of nitrogens with two attached hydrogens (primary N) is 2. The predicted octanol–water partition coefficient (Wildman–Crippen LogP) is 3.67. The average Bonchev–Trinajstić information content (AvgIpc) is 2.29. The number of nitrogen functional groups attached to an aromatic ring is 2. The van der Waals surface area contributed by atoms with Gasteiger partial charge in [0.25, 0.3) is 0 Å². The first-order chi connectivity index (χ1) is 8.16. The van der Waals surface area contributed by atoms with E-state index in [2.05, 4.69) is 0 Å². The molecule has 2 aromatic carbocycles. The first-order valence-corrected chi connectivity index (χ1v) is 5.62. The van der Waals surface area contributed by atoms with Crippen LogP contribution in [0.2, 0.25) is 5.02 Å². The van der Waals surface area contributed by atoms with Gasteiger partial charge in [-0.25, -0.2) is 0 Å². The molecule has 0 fully saturated rings. The van der Waals surface area contributed by atoms with Gasteiger partial charge in [0.15, 0.2) is 0 Å². The summed E-state index contributed by atoms with van der Waals surface area (Å²) in [7, 11) is 0. The van der Waals surface area contributed by atoms with E-state index in [1.54, 1.807) is 12.1 Å². The summed E-state index contributed by atoms with van der Waals surface area (Å²) in [5.41, 5.74) is 14.6. The fraction of sp³-hybridized carbons (Fsp3) is 0. The summed E-state index contributed by atoms with van der Waals surface area (Å²) in [6.07, 6.45) is 3.86. The van der Waals surface area contributed by atoms with Crippen LogP contribution in [0.4, 0.5) is 11.4 Å². The second-order valence-electron chi connectivity index (χ2n) is 3.75. The van der Waals surface area contributed by atoms with Crippen LogP contribution in [-0.4, -0.2) is 0 Å². The zero-order chi connectivity index (χ0) is 12.3. The van der Waals surface area contributed by atoms with Crippen molar-refractivity contribution in [2.24, 2.45) is 0 Å². The highest BCUT2D eigenvalue weighted by atomic mass is 35.5. The number of halogens is 1. The number of benzene rings is 2. The maximum Gasteiger partial charge on any atom is 0.0519 e. The maximum absolute atomic E-state index is 6.09. The third kappa shape index (κ3) is 2.80. The largest absolute Gasteiger partial charge is 0.399 e. The van der Waals surface area contributed by atoms with Gasteiger partial charge in [0.05, 0.1) is 5.02 Å². The fourth-order valence-corrected chi connectivity index (χ4v) is 1.88. The van der Waals surface area contributed by atoms with E-state index in [0.717, 1.165) is 11.1 Å². The van der Waals surface area contributed by atoms with Gasteiger partial charge in [0.1, 0.15) is 0 Å². The molecule has 4 N–H and O–H groups in total. The number of hydrogen-bond donors (Lipinski definition) is 2. The summed E-state index contributed by atoms with van der Waals surface area (Å²) in [5.74, 6) is 0. The molecule has 0 atom stereocenters. The first-order valence-electron chi connectivity index (χ1n) is 5.24. The summed E-state index contributed by atoms with van der Waals surface area (Å²) in [4.78, 5) is 0. The molecule has 2 nitrogen and oxygen atoms in total. The van der Waals surface area contributed by atoms with Gasteiger partial charge in [-0.2, -0.15) is 0 Å². The van der Waals surface area contributed by atoms with Crippen LogP contribution in [0.1, 0.15) is 11.1 Å². The van der Waals surface area contributed by atoms with Crippen molar-refractivity contribution < 1.29 is 0 Å². The monoisotopic (exact) mass is 244 g/mol. The van der Waals surface area contributed by atoms with Gasteiger partial charge in [-0.05, 0) is 17.7 Å². The van der Waals surface area contributed by atoms with Gasteiger partial charge in [-0.3, -0.25) is 0 Å². The van der Waals surface area contributed by atoms with Crippen LogP contribution in [0.25, 0.3) is 12.2 Å². The molecule has 0 heterocycles. The molecule has 0 saturated heterocycles. The van der Waals surface area contributed by atoms with Gasteiger partial charge in [-0.1, -0.05) is 54.1 Å². The minimum absolute atomic E-state index is 0.565. The Morgan fingerprint density at radius 3 is 2.29 bits per heavy atom. The first kappa shape index (κ1) is 11.6. The number of hydrogen-bond acceptors (Lipinski definition) is 2. The summed E-state index contributed by atoms with van der Waals surface area (Å²) in [6, 6.07) is 13.4. The zero-order valence-electron chi connectivity index (χ0n) is 9.23. The molecule has 2 rings (SSSR count). The van der Waals surface area contributed by atoms with Gasteiger partial charge < -0.3 is 11.5 Å². The van der Waals surface area contributed by atoms with Crippen molar-refractivity contribution in [3.8, 4) is 0 Å². The number of rotatable bonds is 2. The van der Waals surface area contributed by atoms with Gasteiger partial charge in [0, 0.05) is 16.9 Å². The Balaban J connectivity index is 2.34. The molecule has 0 spiro atoms. The second-order valence-corrected chi connectivity index (χ2v) is 4.16. The summed E-state index contributed by atoms with van der Waals surface area (Å²) < 4.78 is 0. The zero-order valence-corrected chi connectivity index (χ0v) is 9.98. The van der Waals surface area contributed by atoms with Crippen LogP contribution in [0.15, 0.2) is 42.5 Å². The topological polar surface area (TPSA) is 52.0 Å². The summed E-state index contributed by atoms with van der Waals surface area (Å²) in [5, 5.41) is 0.565. The molecule has 17 heavy (non-hydrogen) atoms. The third-order valence-electron chi connectivity index (χ3n) is 2.43. The SMILES string of the molecule is Nc1cc(N)c(C=Cc2ccccc2)c(Cl)c1. The van der Waals surface area contributed by atoms with Gasteiger partial charge >= 0.3 is 0 Å². The maximum atomic E-state index is 6.09. The molecule has 0 aliphatic rings. The minimum Gasteiger partial charge on any atom is -0.399 e. The molecule has 2 aromatic rings. The Hall–Kier alpha value is -1.93. The Morgan fingerprint density at radius 2 is 1.65 bits per heavy atom. The molecule has 0 bridgehead atoms. The lowest BCUT2D eigenvalue weighted by Crippen LogP contribution is -1.93. The lowest BCUT2D eigenvalue weighted by Gasteiger charge is -2.05. The molecular weight excluding hydrogens is 232 g/mol. The average molecular weight is 245 g/mol. The highest BCUT2D eigenvalue weighted by Gasteiger charge is 2.02. The van der Waals surface area contributed by atoms with E-state index in [-0.39, 0.29) is 0 Å². The minimum atomic E-state index is 0.565. The molecule has 0 radical (unpaired) electrons. The Morgan fingerprint density at radius 1 is 0.941 bits per heavy atom. The standard InChI is InChI=1S/C14H13ClN2/c15-13-8-11(16)9-14(17)12(13)7-6-10-4-2-1-3-5-10/h1-9H,16-17H2.